The lowest BCUT2D eigenvalue weighted by Crippen LogP contribution is -2.22. The van der Waals surface area contributed by atoms with Crippen molar-refractivity contribution in [2.45, 2.75) is 38.0 Å². The van der Waals surface area contributed by atoms with Crippen molar-refractivity contribution in [3.05, 3.63) is 70.7 Å². The lowest BCUT2D eigenvalue weighted by Gasteiger charge is -2.17. The van der Waals surface area contributed by atoms with E-state index in [1.807, 2.05) is 22.7 Å². The minimum atomic E-state index is -0.136. The van der Waals surface area contributed by atoms with Gasteiger partial charge in [-0.05, 0) is 43.3 Å². The monoisotopic (exact) mass is 428 g/mol. The summed E-state index contributed by atoms with van der Waals surface area (Å²) < 4.78 is 1.82. The van der Waals surface area contributed by atoms with Gasteiger partial charge in [-0.3, -0.25) is 4.98 Å². The largest absolute Gasteiger partial charge is 0.335 e. The zero-order valence-electron chi connectivity index (χ0n) is 18.1. The van der Waals surface area contributed by atoms with Gasteiger partial charge in [0.2, 0.25) is 5.82 Å². The summed E-state index contributed by atoms with van der Waals surface area (Å²) in [7, 11) is 0. The summed E-state index contributed by atoms with van der Waals surface area (Å²) in [5.74, 6) is 0.659. The molecule has 0 amide bonds. The van der Waals surface area contributed by atoms with Gasteiger partial charge in [-0.15, -0.1) is 10.2 Å². The lowest BCUT2D eigenvalue weighted by molar-refractivity contribution is 0.559. The average molecular weight is 429 g/mol. The number of aromatic nitrogens is 5. The zero-order valence-corrected chi connectivity index (χ0v) is 18.9. The normalized spacial score (nSPS) is 15.9. The number of fused-ring (bicyclic) bond motifs is 2. The Morgan fingerprint density at radius 2 is 1.81 bits per heavy atom. The van der Waals surface area contributed by atoms with Crippen molar-refractivity contribution in [1.29, 1.82) is 0 Å². The third kappa shape index (κ3) is 3.39. The summed E-state index contributed by atoms with van der Waals surface area (Å²) in [6.45, 7) is 9.61. The maximum absolute atomic E-state index is 4.91. The van der Waals surface area contributed by atoms with Gasteiger partial charge in [-0.1, -0.05) is 50.7 Å². The molecule has 4 aromatic rings. The topological polar surface area (TPSA) is 59.2 Å². The van der Waals surface area contributed by atoms with Crippen LogP contribution < -0.4 is 10.1 Å². The SMILES string of the molecule is CCN1/C(=C\C=c2\c(C(C)(C)C)nn3c(-c4ccccn4)nnc23)Sc2ccccc21. The molecule has 1 aliphatic rings. The van der Waals surface area contributed by atoms with Gasteiger partial charge in [-0.25, -0.2) is 0 Å². The van der Waals surface area contributed by atoms with Crippen molar-refractivity contribution in [2.75, 3.05) is 11.4 Å². The number of anilines is 1. The van der Waals surface area contributed by atoms with Gasteiger partial charge in [0.15, 0.2) is 5.65 Å². The van der Waals surface area contributed by atoms with Crippen molar-refractivity contribution in [1.82, 2.24) is 24.8 Å². The van der Waals surface area contributed by atoms with Crippen molar-refractivity contribution in [2.24, 2.45) is 0 Å². The minimum Gasteiger partial charge on any atom is -0.335 e. The maximum atomic E-state index is 4.91. The first-order valence-corrected chi connectivity index (χ1v) is 11.2. The van der Waals surface area contributed by atoms with Crippen LogP contribution in [0.15, 0.2) is 64.7 Å². The zero-order chi connectivity index (χ0) is 21.6. The van der Waals surface area contributed by atoms with Gasteiger partial charge in [0.25, 0.3) is 0 Å². The quantitative estimate of drug-likeness (QED) is 0.480. The van der Waals surface area contributed by atoms with Crippen LogP contribution in [0.1, 0.15) is 33.4 Å². The van der Waals surface area contributed by atoms with E-state index in [1.165, 1.54) is 15.6 Å². The highest BCUT2D eigenvalue weighted by Crippen LogP contribution is 2.45. The van der Waals surface area contributed by atoms with Gasteiger partial charge in [0, 0.05) is 28.3 Å². The first-order valence-electron chi connectivity index (χ1n) is 10.4. The minimum absolute atomic E-state index is 0.136. The van der Waals surface area contributed by atoms with E-state index in [0.717, 1.165) is 28.8 Å². The molecule has 0 unspecified atom stereocenters. The summed E-state index contributed by atoms with van der Waals surface area (Å²) in [6.07, 6.45) is 6.07. The Morgan fingerprint density at radius 3 is 2.55 bits per heavy atom. The van der Waals surface area contributed by atoms with Crippen LogP contribution in [0.5, 0.6) is 0 Å². The van der Waals surface area contributed by atoms with Crippen LogP contribution in [0.3, 0.4) is 0 Å². The molecule has 7 heteroatoms. The third-order valence-electron chi connectivity index (χ3n) is 5.29. The van der Waals surface area contributed by atoms with Crippen LogP contribution in [0.4, 0.5) is 5.69 Å². The Morgan fingerprint density at radius 1 is 1.00 bits per heavy atom. The number of allylic oxidation sites excluding steroid dienone is 1. The molecule has 4 heterocycles. The molecule has 5 rings (SSSR count). The Hall–Kier alpha value is -3.19. The fourth-order valence-corrected chi connectivity index (χ4v) is 4.95. The molecule has 1 aliphatic heterocycles. The second kappa shape index (κ2) is 7.50. The molecule has 1 aromatic carbocycles. The standard InChI is InChI=1S/C24H24N6S/c1-5-29-18-11-6-7-12-19(18)31-20(29)14-13-16-21(24(2,3)4)28-30-22(16)26-27-23(30)17-10-8-9-15-25-17/h6-15H,5H2,1-4H3/b16-13-,20-14+. The van der Waals surface area contributed by atoms with Crippen molar-refractivity contribution < 1.29 is 0 Å². The van der Waals surface area contributed by atoms with E-state index in [4.69, 9.17) is 5.10 Å². The lowest BCUT2D eigenvalue weighted by atomic mass is 9.91. The number of hydrogen-bond acceptors (Lipinski definition) is 6. The van der Waals surface area contributed by atoms with E-state index < -0.39 is 0 Å². The second-order valence-corrected chi connectivity index (χ2v) is 9.53. The fraction of sp³-hybridized carbons (Fsp3) is 0.250. The molecule has 0 aliphatic carbocycles. The van der Waals surface area contributed by atoms with Gasteiger partial charge in [-0.2, -0.15) is 9.61 Å². The van der Waals surface area contributed by atoms with Crippen LogP contribution in [0.2, 0.25) is 0 Å². The molecule has 6 nitrogen and oxygen atoms in total. The number of rotatable bonds is 3. The molecule has 156 valence electrons. The molecular weight excluding hydrogens is 404 g/mol. The van der Waals surface area contributed by atoms with E-state index in [9.17, 15) is 0 Å². The van der Waals surface area contributed by atoms with Crippen LogP contribution >= 0.6 is 11.8 Å². The van der Waals surface area contributed by atoms with Gasteiger partial charge < -0.3 is 4.90 Å². The summed E-state index contributed by atoms with van der Waals surface area (Å²) in [5, 5.41) is 16.0. The van der Waals surface area contributed by atoms with Crippen molar-refractivity contribution >= 4 is 29.2 Å². The molecule has 0 saturated carbocycles. The molecule has 0 spiro atoms. The van der Waals surface area contributed by atoms with Crippen LogP contribution in [-0.2, 0) is 5.41 Å². The number of thioether (sulfide) groups is 1. The van der Waals surface area contributed by atoms with E-state index >= 15 is 0 Å². The predicted octanol–water partition coefficient (Wildman–Crippen LogP) is 4.46. The van der Waals surface area contributed by atoms with E-state index in [-0.39, 0.29) is 5.41 Å². The molecular formula is C24H24N6S. The molecule has 0 radical (unpaired) electrons. The van der Waals surface area contributed by atoms with E-state index in [1.54, 1.807) is 18.0 Å². The smallest absolute Gasteiger partial charge is 0.203 e. The summed E-state index contributed by atoms with van der Waals surface area (Å²) in [5.41, 5.74) is 3.64. The van der Waals surface area contributed by atoms with Crippen LogP contribution in [0, 0.1) is 0 Å². The Balaban J connectivity index is 1.67. The third-order valence-corrected chi connectivity index (χ3v) is 6.42. The molecule has 3 aromatic heterocycles. The van der Waals surface area contributed by atoms with Gasteiger partial charge in [0.05, 0.1) is 16.4 Å². The number of para-hydroxylation sites is 1. The Kier molecular flexibility index (Phi) is 4.78. The highest BCUT2D eigenvalue weighted by molar-refractivity contribution is 8.03. The number of nitrogens with zero attached hydrogens (tertiary/aromatic N) is 6. The van der Waals surface area contributed by atoms with E-state index in [2.05, 4.69) is 84.2 Å². The number of hydrogen-bond donors (Lipinski definition) is 0. The van der Waals surface area contributed by atoms with Crippen LogP contribution in [-0.4, -0.2) is 31.3 Å². The van der Waals surface area contributed by atoms with Crippen molar-refractivity contribution in [3.63, 3.8) is 0 Å². The van der Waals surface area contributed by atoms with Crippen LogP contribution in [0.25, 0.3) is 23.2 Å². The predicted molar refractivity (Wildman–Crippen MR) is 126 cm³/mol. The first kappa shape index (κ1) is 19.8. The summed E-state index contributed by atoms with van der Waals surface area (Å²) in [6, 6.07) is 14.3. The van der Waals surface area contributed by atoms with E-state index in [0.29, 0.717) is 5.82 Å². The maximum Gasteiger partial charge on any atom is 0.203 e. The molecule has 0 fully saturated rings. The highest BCUT2D eigenvalue weighted by Gasteiger charge is 2.25. The summed E-state index contributed by atoms with van der Waals surface area (Å²) >= 11 is 1.79. The average Bonchev–Trinajstić information content (AvgIpc) is 3.43. The molecule has 0 N–H and O–H groups in total. The van der Waals surface area contributed by atoms with Crippen molar-refractivity contribution in [3.8, 4) is 11.5 Å². The highest BCUT2D eigenvalue weighted by atomic mass is 32.2. The van der Waals surface area contributed by atoms with Gasteiger partial charge >= 0.3 is 0 Å². The fourth-order valence-electron chi connectivity index (χ4n) is 3.82. The second-order valence-electron chi connectivity index (χ2n) is 8.47. The Bertz CT molecular complexity index is 1330. The van der Waals surface area contributed by atoms with Gasteiger partial charge in [0.1, 0.15) is 5.69 Å². The molecule has 0 atom stereocenters. The number of benzene rings is 1. The summed E-state index contributed by atoms with van der Waals surface area (Å²) in [4.78, 5) is 8.05. The molecule has 31 heavy (non-hydrogen) atoms. The first-order chi connectivity index (χ1) is 15.0. The molecule has 0 bridgehead atoms. The Labute approximate surface area is 185 Å². The molecule has 0 saturated heterocycles. The number of pyridine rings is 1.